The molecule has 1 aromatic carbocycles. The maximum absolute atomic E-state index is 10.9. The standard InChI is InChI=1S/C11H8N3O4.ClH/c15-13(16)9-4-5-10(11(8-9)14(17)18)12-6-2-1-3-7-12;/h1-8H;1H/q+1;/p-1. The SMILES string of the molecule is O=[N+]([O-])c1ccc(-[n+]2ccccc2)c([N+](=O)[O-])c1.[Cl-]. The number of hydrogen-bond acceptors (Lipinski definition) is 4. The fourth-order valence-corrected chi connectivity index (χ4v) is 1.55. The number of pyridine rings is 1. The molecule has 0 unspecified atom stereocenters. The van der Waals surface area contributed by atoms with E-state index >= 15 is 0 Å². The highest BCUT2D eigenvalue weighted by Gasteiger charge is 2.25. The van der Waals surface area contributed by atoms with Crippen molar-refractivity contribution in [2.24, 2.45) is 0 Å². The average molecular weight is 282 g/mol. The van der Waals surface area contributed by atoms with Gasteiger partial charge in [0, 0.05) is 24.3 Å². The maximum atomic E-state index is 10.9. The van der Waals surface area contributed by atoms with Crippen LogP contribution < -0.4 is 17.0 Å². The van der Waals surface area contributed by atoms with Crippen molar-refractivity contribution in [3.63, 3.8) is 0 Å². The summed E-state index contributed by atoms with van der Waals surface area (Å²) in [6.07, 6.45) is 3.27. The van der Waals surface area contributed by atoms with Crippen LogP contribution in [-0.4, -0.2) is 9.85 Å². The van der Waals surface area contributed by atoms with Gasteiger partial charge in [-0.3, -0.25) is 20.2 Å². The second-order valence-corrected chi connectivity index (χ2v) is 3.47. The lowest BCUT2D eigenvalue weighted by Crippen LogP contribution is -3.00. The van der Waals surface area contributed by atoms with Crippen molar-refractivity contribution in [1.82, 2.24) is 0 Å². The number of nitro benzene ring substituents is 2. The Morgan fingerprint density at radius 3 is 2.11 bits per heavy atom. The van der Waals surface area contributed by atoms with Gasteiger partial charge in [0.1, 0.15) is 6.07 Å². The predicted octanol–water partition coefficient (Wildman–Crippen LogP) is -1.22. The first-order valence-corrected chi connectivity index (χ1v) is 4.99. The van der Waals surface area contributed by atoms with E-state index < -0.39 is 9.85 Å². The van der Waals surface area contributed by atoms with E-state index in [0.29, 0.717) is 0 Å². The summed E-state index contributed by atoms with van der Waals surface area (Å²) in [4.78, 5) is 20.2. The molecule has 8 heteroatoms. The molecule has 1 aromatic heterocycles. The monoisotopic (exact) mass is 281 g/mol. The molecule has 0 spiro atoms. The fourth-order valence-electron chi connectivity index (χ4n) is 1.55. The Morgan fingerprint density at radius 1 is 0.947 bits per heavy atom. The quantitative estimate of drug-likeness (QED) is 0.401. The third kappa shape index (κ3) is 3.02. The van der Waals surface area contributed by atoms with Crippen molar-refractivity contribution in [2.75, 3.05) is 0 Å². The minimum atomic E-state index is -0.660. The largest absolute Gasteiger partial charge is 1.00 e. The molecule has 19 heavy (non-hydrogen) atoms. The average Bonchev–Trinajstić information content (AvgIpc) is 2.39. The first-order chi connectivity index (χ1) is 8.59. The number of hydrogen-bond donors (Lipinski definition) is 0. The molecule has 0 aliphatic rings. The van der Waals surface area contributed by atoms with Gasteiger partial charge in [0.15, 0.2) is 12.4 Å². The normalized spacial score (nSPS) is 9.47. The topological polar surface area (TPSA) is 90.2 Å². The third-order valence-corrected chi connectivity index (χ3v) is 2.36. The lowest BCUT2D eigenvalue weighted by molar-refractivity contribution is -0.600. The highest BCUT2D eigenvalue weighted by molar-refractivity contribution is 5.53. The van der Waals surface area contributed by atoms with Gasteiger partial charge in [0.2, 0.25) is 0 Å². The molecule has 0 N–H and O–H groups in total. The molecule has 2 rings (SSSR count). The van der Waals surface area contributed by atoms with Gasteiger partial charge in [-0.15, -0.1) is 0 Å². The lowest BCUT2D eigenvalue weighted by atomic mass is 10.2. The number of halogens is 1. The zero-order valence-electron chi connectivity index (χ0n) is 9.47. The molecule has 0 aliphatic carbocycles. The van der Waals surface area contributed by atoms with Crippen LogP contribution in [0.2, 0.25) is 0 Å². The highest BCUT2D eigenvalue weighted by atomic mass is 35.5. The van der Waals surface area contributed by atoms with Crippen molar-refractivity contribution < 1.29 is 26.8 Å². The molecule has 2 aromatic rings. The number of nitrogens with zero attached hydrogens (tertiary/aromatic N) is 3. The Morgan fingerprint density at radius 2 is 1.58 bits per heavy atom. The molecule has 0 atom stereocenters. The van der Waals surface area contributed by atoms with Crippen molar-refractivity contribution in [3.05, 3.63) is 69.0 Å². The molecule has 1 heterocycles. The van der Waals surface area contributed by atoms with E-state index in [9.17, 15) is 20.2 Å². The number of nitro groups is 2. The number of benzene rings is 1. The third-order valence-electron chi connectivity index (χ3n) is 2.36. The predicted molar refractivity (Wildman–Crippen MR) is 61.3 cm³/mol. The van der Waals surface area contributed by atoms with Gasteiger partial charge in [0.25, 0.3) is 11.4 Å². The fraction of sp³-hybridized carbons (Fsp3) is 0. The van der Waals surface area contributed by atoms with E-state index in [1.54, 1.807) is 30.6 Å². The summed E-state index contributed by atoms with van der Waals surface area (Å²) in [7, 11) is 0. The van der Waals surface area contributed by atoms with Gasteiger partial charge >= 0.3 is 5.69 Å². The van der Waals surface area contributed by atoms with Crippen LogP contribution in [0.5, 0.6) is 0 Å². The van der Waals surface area contributed by atoms with Gasteiger partial charge in [-0.1, -0.05) is 6.07 Å². The Hall–Kier alpha value is -2.54. The molecule has 0 radical (unpaired) electrons. The van der Waals surface area contributed by atoms with Crippen LogP contribution in [0.25, 0.3) is 5.69 Å². The summed E-state index contributed by atoms with van der Waals surface area (Å²) in [5, 5.41) is 21.5. The van der Waals surface area contributed by atoms with E-state index in [-0.39, 0.29) is 29.5 Å². The summed E-state index contributed by atoms with van der Waals surface area (Å²) in [5.74, 6) is 0. The van der Waals surface area contributed by atoms with Gasteiger partial charge in [0.05, 0.1) is 9.85 Å². The lowest BCUT2D eigenvalue weighted by Gasteiger charge is -1.97. The summed E-state index contributed by atoms with van der Waals surface area (Å²) < 4.78 is 1.53. The first kappa shape index (κ1) is 14.5. The van der Waals surface area contributed by atoms with Crippen LogP contribution in [0, 0.1) is 20.2 Å². The smallest absolute Gasteiger partial charge is 0.347 e. The van der Waals surface area contributed by atoms with E-state index in [1.165, 1.54) is 16.7 Å². The van der Waals surface area contributed by atoms with Crippen LogP contribution in [0.15, 0.2) is 48.8 Å². The van der Waals surface area contributed by atoms with E-state index in [0.717, 1.165) is 6.07 Å². The van der Waals surface area contributed by atoms with E-state index in [2.05, 4.69) is 0 Å². The van der Waals surface area contributed by atoms with Gasteiger partial charge < -0.3 is 12.4 Å². The van der Waals surface area contributed by atoms with Crippen molar-refractivity contribution in [2.45, 2.75) is 0 Å². The van der Waals surface area contributed by atoms with E-state index in [1.807, 2.05) is 0 Å². The molecule has 98 valence electrons. The molecule has 0 saturated carbocycles. The van der Waals surface area contributed by atoms with Crippen molar-refractivity contribution in [3.8, 4) is 5.69 Å². The van der Waals surface area contributed by atoms with Crippen LogP contribution in [0.1, 0.15) is 0 Å². The molecule has 0 saturated heterocycles. The van der Waals surface area contributed by atoms with Gasteiger partial charge in [-0.05, 0) is 0 Å². The van der Waals surface area contributed by atoms with Crippen LogP contribution in [0.4, 0.5) is 11.4 Å². The second-order valence-electron chi connectivity index (χ2n) is 3.47. The minimum absolute atomic E-state index is 0. The van der Waals surface area contributed by atoms with Gasteiger partial charge in [-0.25, -0.2) is 0 Å². The van der Waals surface area contributed by atoms with Crippen molar-refractivity contribution in [1.29, 1.82) is 0 Å². The zero-order valence-corrected chi connectivity index (χ0v) is 10.2. The Bertz CT molecular complexity index is 619. The van der Waals surface area contributed by atoms with Gasteiger partial charge in [-0.2, -0.15) is 4.57 Å². The molecule has 7 nitrogen and oxygen atoms in total. The summed E-state index contributed by atoms with van der Waals surface area (Å²) in [5.41, 5.74) is -0.325. The van der Waals surface area contributed by atoms with Crippen LogP contribution >= 0.6 is 0 Å². The van der Waals surface area contributed by atoms with Crippen LogP contribution in [0.3, 0.4) is 0 Å². The maximum Gasteiger partial charge on any atom is 0.347 e. The Kier molecular flexibility index (Phi) is 4.49. The number of aromatic nitrogens is 1. The summed E-state index contributed by atoms with van der Waals surface area (Å²) >= 11 is 0. The summed E-state index contributed by atoms with van der Waals surface area (Å²) in [6.45, 7) is 0. The molecular weight excluding hydrogens is 274 g/mol. The molecule has 0 aliphatic heterocycles. The molecule has 0 bridgehead atoms. The molecule has 0 fully saturated rings. The highest BCUT2D eigenvalue weighted by Crippen LogP contribution is 2.24. The molecular formula is C11H8ClN3O4. The Balaban J connectivity index is 0.00000180. The summed E-state index contributed by atoms with van der Waals surface area (Å²) in [6, 6.07) is 8.75. The number of rotatable bonds is 3. The Labute approximate surface area is 113 Å². The van der Waals surface area contributed by atoms with Crippen LogP contribution in [-0.2, 0) is 0 Å². The first-order valence-electron chi connectivity index (χ1n) is 4.99. The zero-order chi connectivity index (χ0) is 13.1. The van der Waals surface area contributed by atoms with Crippen molar-refractivity contribution >= 4 is 11.4 Å². The second kappa shape index (κ2) is 5.87. The number of non-ortho nitro benzene ring substituents is 1. The van der Waals surface area contributed by atoms with E-state index in [4.69, 9.17) is 0 Å². The molecule has 0 amide bonds. The minimum Gasteiger partial charge on any atom is -1.00 e.